The Morgan fingerprint density at radius 2 is 2.33 bits per heavy atom. The number of carboxylic acid groups (broad SMARTS) is 1. The van der Waals surface area contributed by atoms with Gasteiger partial charge in [-0.15, -0.1) is 5.10 Å². The van der Waals surface area contributed by atoms with Crippen LogP contribution in [0.25, 0.3) is 0 Å². The van der Waals surface area contributed by atoms with E-state index in [1.165, 1.54) is 0 Å². The summed E-state index contributed by atoms with van der Waals surface area (Å²) < 4.78 is 23.9. The van der Waals surface area contributed by atoms with Gasteiger partial charge in [-0.3, -0.25) is 0 Å². The number of halogens is 2. The van der Waals surface area contributed by atoms with E-state index in [-0.39, 0.29) is 4.68 Å². The van der Waals surface area contributed by atoms with Crippen LogP contribution in [-0.4, -0.2) is 20.9 Å². The molecule has 7 heteroatoms. The van der Waals surface area contributed by atoms with E-state index in [1.807, 2.05) is 0 Å². The van der Waals surface area contributed by atoms with Crippen molar-refractivity contribution in [1.29, 1.82) is 0 Å². The van der Waals surface area contributed by atoms with Crippen LogP contribution in [-0.2, 0) is 0 Å². The number of hydrogen-bond acceptors (Lipinski definition) is 3. The first-order valence-corrected chi connectivity index (χ1v) is 2.88. The number of hydrogen-bond donors (Lipinski definition) is 2. The van der Waals surface area contributed by atoms with Crippen molar-refractivity contribution in [2.75, 3.05) is 5.73 Å². The van der Waals surface area contributed by atoms with Crippen molar-refractivity contribution in [2.45, 2.75) is 6.55 Å². The number of nitrogens with two attached hydrogens (primary N) is 1. The molecule has 0 radical (unpaired) electrons. The van der Waals surface area contributed by atoms with Crippen LogP contribution in [0, 0.1) is 0 Å². The Balaban J connectivity index is 3.09. The Morgan fingerprint density at radius 1 is 1.75 bits per heavy atom. The summed E-state index contributed by atoms with van der Waals surface area (Å²) in [6, 6.07) is 0. The topological polar surface area (TPSA) is 81.1 Å². The molecule has 0 fully saturated rings. The summed E-state index contributed by atoms with van der Waals surface area (Å²) in [6.45, 7) is -2.87. The highest BCUT2D eigenvalue weighted by molar-refractivity contribution is 5.92. The third kappa shape index (κ3) is 1.34. The van der Waals surface area contributed by atoms with Crippen molar-refractivity contribution < 1.29 is 18.7 Å². The van der Waals surface area contributed by atoms with Gasteiger partial charge < -0.3 is 10.8 Å². The van der Waals surface area contributed by atoms with E-state index in [2.05, 4.69) is 5.10 Å². The lowest BCUT2D eigenvalue weighted by molar-refractivity contribution is 0.0565. The molecular formula is C5H5F2N3O2. The van der Waals surface area contributed by atoms with E-state index in [9.17, 15) is 13.6 Å². The lowest BCUT2D eigenvalue weighted by Gasteiger charge is -1.94. The van der Waals surface area contributed by atoms with Crippen LogP contribution in [0.2, 0.25) is 0 Å². The molecule has 0 aromatic carbocycles. The Bertz CT molecular complexity index is 310. The second-order valence-electron chi connectivity index (χ2n) is 1.99. The fourth-order valence-electron chi connectivity index (χ4n) is 0.670. The fourth-order valence-corrected chi connectivity index (χ4v) is 0.670. The first-order valence-electron chi connectivity index (χ1n) is 2.88. The zero-order valence-corrected chi connectivity index (χ0v) is 5.74. The maximum atomic E-state index is 11.9. The van der Waals surface area contributed by atoms with Gasteiger partial charge >= 0.3 is 12.5 Å². The van der Waals surface area contributed by atoms with Gasteiger partial charge in [-0.25, -0.2) is 9.48 Å². The molecule has 0 saturated heterocycles. The maximum Gasteiger partial charge on any atom is 0.341 e. The summed E-state index contributed by atoms with van der Waals surface area (Å²) in [5, 5.41) is 11.5. The number of carbonyl (C=O) groups is 1. The zero-order valence-electron chi connectivity index (χ0n) is 5.74. The van der Waals surface area contributed by atoms with Crippen molar-refractivity contribution in [3.63, 3.8) is 0 Å². The molecular weight excluding hydrogens is 172 g/mol. The van der Waals surface area contributed by atoms with Gasteiger partial charge in [0.2, 0.25) is 0 Å². The van der Waals surface area contributed by atoms with Gasteiger partial charge in [0.1, 0.15) is 5.56 Å². The van der Waals surface area contributed by atoms with Gasteiger partial charge in [-0.1, -0.05) is 0 Å². The van der Waals surface area contributed by atoms with Crippen molar-refractivity contribution in [1.82, 2.24) is 9.78 Å². The Hall–Kier alpha value is -1.66. The molecule has 1 aromatic heterocycles. The van der Waals surface area contributed by atoms with Crippen LogP contribution in [0.4, 0.5) is 14.6 Å². The van der Waals surface area contributed by atoms with Crippen LogP contribution in [0.1, 0.15) is 16.9 Å². The minimum Gasteiger partial charge on any atom is -0.477 e. The van der Waals surface area contributed by atoms with Gasteiger partial charge in [0.15, 0.2) is 5.82 Å². The van der Waals surface area contributed by atoms with Crippen LogP contribution >= 0.6 is 0 Å². The predicted molar refractivity (Wildman–Crippen MR) is 34.9 cm³/mol. The van der Waals surface area contributed by atoms with Crippen molar-refractivity contribution in [2.24, 2.45) is 0 Å². The summed E-state index contributed by atoms with van der Waals surface area (Å²) in [7, 11) is 0. The molecule has 66 valence electrons. The number of rotatable bonds is 2. The van der Waals surface area contributed by atoms with E-state index in [4.69, 9.17) is 10.8 Å². The Morgan fingerprint density at radius 3 is 2.58 bits per heavy atom. The molecule has 1 aromatic rings. The number of alkyl halides is 2. The Labute approximate surface area is 65.4 Å². The molecule has 1 heterocycles. The Kier molecular flexibility index (Phi) is 1.94. The van der Waals surface area contributed by atoms with E-state index < -0.39 is 23.9 Å². The summed E-state index contributed by atoms with van der Waals surface area (Å²) in [6.07, 6.45) is 0.683. The average Bonchev–Trinajstić information content (AvgIpc) is 2.30. The maximum absolute atomic E-state index is 11.9. The summed E-state index contributed by atoms with van der Waals surface area (Å²) in [5.74, 6) is -1.79. The molecule has 0 bridgehead atoms. The molecule has 0 saturated carbocycles. The van der Waals surface area contributed by atoms with Gasteiger partial charge in [0, 0.05) is 6.20 Å². The van der Waals surface area contributed by atoms with E-state index in [0.717, 1.165) is 0 Å². The summed E-state index contributed by atoms with van der Waals surface area (Å²) >= 11 is 0. The summed E-state index contributed by atoms with van der Waals surface area (Å²) in [4.78, 5) is 10.3. The number of carboxylic acids is 1. The average molecular weight is 177 g/mol. The molecule has 0 atom stereocenters. The van der Waals surface area contributed by atoms with Crippen LogP contribution < -0.4 is 5.73 Å². The highest BCUT2D eigenvalue weighted by Crippen LogP contribution is 2.14. The second-order valence-corrected chi connectivity index (χ2v) is 1.99. The van der Waals surface area contributed by atoms with Gasteiger partial charge in [-0.05, 0) is 0 Å². The van der Waals surface area contributed by atoms with Crippen molar-refractivity contribution in [3.8, 4) is 0 Å². The zero-order chi connectivity index (χ0) is 9.30. The fraction of sp³-hybridized carbons (Fsp3) is 0.200. The van der Waals surface area contributed by atoms with E-state index in [1.54, 1.807) is 0 Å². The monoisotopic (exact) mass is 177 g/mol. The van der Waals surface area contributed by atoms with Gasteiger partial charge in [0.05, 0.1) is 0 Å². The minimum atomic E-state index is -2.87. The van der Waals surface area contributed by atoms with Gasteiger partial charge in [-0.2, -0.15) is 8.78 Å². The molecule has 3 N–H and O–H groups in total. The lowest BCUT2D eigenvalue weighted by Crippen LogP contribution is -1.99. The minimum absolute atomic E-state index is 0.193. The molecule has 0 aliphatic carbocycles. The highest BCUT2D eigenvalue weighted by Gasteiger charge is 2.16. The predicted octanol–water partition coefficient (Wildman–Crippen LogP) is 0.559. The number of nitrogen functional groups attached to an aromatic ring is 1. The molecule has 5 nitrogen and oxygen atoms in total. The molecule has 0 aliphatic heterocycles. The molecule has 0 amide bonds. The molecule has 0 spiro atoms. The number of nitrogens with zero attached hydrogens (tertiary/aromatic N) is 2. The van der Waals surface area contributed by atoms with Crippen LogP contribution in [0.15, 0.2) is 6.20 Å². The number of anilines is 1. The SMILES string of the molecule is Nc1nn(C(F)F)cc1C(=O)O. The standard InChI is InChI=1S/C5H5F2N3O2/c6-5(7)10-1-2(4(11)12)3(8)9-10/h1,5H,(H2,8,9)(H,11,12). The normalized spacial score (nSPS) is 10.6. The molecule has 0 aliphatic rings. The third-order valence-electron chi connectivity index (χ3n) is 1.19. The highest BCUT2D eigenvalue weighted by atomic mass is 19.3. The third-order valence-corrected chi connectivity index (χ3v) is 1.19. The van der Waals surface area contributed by atoms with E-state index >= 15 is 0 Å². The van der Waals surface area contributed by atoms with Crippen LogP contribution in [0.3, 0.4) is 0 Å². The van der Waals surface area contributed by atoms with Crippen molar-refractivity contribution >= 4 is 11.8 Å². The summed E-state index contributed by atoms with van der Waals surface area (Å²) in [5.41, 5.74) is 4.61. The number of aromatic nitrogens is 2. The first kappa shape index (κ1) is 8.44. The van der Waals surface area contributed by atoms with Crippen LogP contribution in [0.5, 0.6) is 0 Å². The molecule has 1 rings (SSSR count). The molecule has 12 heavy (non-hydrogen) atoms. The van der Waals surface area contributed by atoms with E-state index in [0.29, 0.717) is 6.20 Å². The van der Waals surface area contributed by atoms with Gasteiger partial charge in [0.25, 0.3) is 0 Å². The lowest BCUT2D eigenvalue weighted by atomic mass is 10.3. The number of aromatic carboxylic acids is 1. The quantitative estimate of drug-likeness (QED) is 0.691. The second kappa shape index (κ2) is 2.76. The largest absolute Gasteiger partial charge is 0.477 e. The smallest absolute Gasteiger partial charge is 0.341 e. The first-order chi connectivity index (χ1) is 5.52. The molecule has 0 unspecified atom stereocenters. The van der Waals surface area contributed by atoms with Crippen molar-refractivity contribution in [3.05, 3.63) is 11.8 Å².